The van der Waals surface area contributed by atoms with E-state index in [9.17, 15) is 0 Å². The number of aryl methyl sites for hydroxylation is 1. The number of likely N-dealkylation sites (N-methyl/N-ethyl adjacent to an activating group) is 1. The third-order valence-electron chi connectivity index (χ3n) is 3.29. The monoisotopic (exact) mass is 298 g/mol. The summed E-state index contributed by atoms with van der Waals surface area (Å²) < 4.78 is 0.866. The molecule has 1 aromatic rings. The molecule has 0 aromatic carbocycles. The number of nitrogens with zero attached hydrogens (tertiary/aromatic N) is 4. The Bertz CT molecular complexity index is 376. The molecule has 2 heterocycles. The number of rotatable bonds is 2. The zero-order chi connectivity index (χ0) is 12.4. The van der Waals surface area contributed by atoms with E-state index in [2.05, 4.69) is 49.5 Å². The van der Waals surface area contributed by atoms with Gasteiger partial charge in [0.2, 0.25) is 0 Å². The highest BCUT2D eigenvalue weighted by atomic mass is 79.9. The van der Waals surface area contributed by atoms with Gasteiger partial charge >= 0.3 is 0 Å². The first-order chi connectivity index (χ1) is 8.10. The SMILES string of the molecule is CCN1CCN(c2cc(Br)nc(C)n2)CC1C. The molecule has 1 atom stereocenters. The maximum atomic E-state index is 4.51. The maximum absolute atomic E-state index is 4.51. The van der Waals surface area contributed by atoms with Crippen molar-refractivity contribution in [1.29, 1.82) is 0 Å². The standard InChI is InChI=1S/C12H19BrN4/c1-4-16-5-6-17(8-9(16)2)12-7-11(13)14-10(3)15-12/h7,9H,4-6,8H2,1-3H3. The van der Waals surface area contributed by atoms with Crippen LogP contribution in [0, 0.1) is 6.92 Å². The third-order valence-corrected chi connectivity index (χ3v) is 3.69. The molecule has 1 saturated heterocycles. The van der Waals surface area contributed by atoms with Crippen molar-refractivity contribution in [3.63, 3.8) is 0 Å². The number of halogens is 1. The Morgan fingerprint density at radius 3 is 2.76 bits per heavy atom. The van der Waals surface area contributed by atoms with E-state index in [-0.39, 0.29) is 0 Å². The van der Waals surface area contributed by atoms with Gasteiger partial charge in [0.15, 0.2) is 0 Å². The fourth-order valence-corrected chi connectivity index (χ4v) is 2.81. The first-order valence-corrected chi connectivity index (χ1v) is 6.89. The van der Waals surface area contributed by atoms with Crippen LogP contribution in [0.3, 0.4) is 0 Å². The minimum absolute atomic E-state index is 0.586. The van der Waals surface area contributed by atoms with E-state index >= 15 is 0 Å². The van der Waals surface area contributed by atoms with Gasteiger partial charge in [-0.05, 0) is 36.3 Å². The van der Waals surface area contributed by atoms with E-state index in [1.807, 2.05) is 13.0 Å². The highest BCUT2D eigenvalue weighted by Gasteiger charge is 2.23. The molecule has 0 aliphatic carbocycles. The van der Waals surface area contributed by atoms with Gasteiger partial charge in [0.25, 0.3) is 0 Å². The molecule has 0 saturated carbocycles. The summed E-state index contributed by atoms with van der Waals surface area (Å²) in [5.74, 6) is 1.85. The van der Waals surface area contributed by atoms with Crippen molar-refractivity contribution in [1.82, 2.24) is 14.9 Å². The third kappa shape index (κ3) is 2.96. The van der Waals surface area contributed by atoms with Crippen molar-refractivity contribution in [2.24, 2.45) is 0 Å². The molecular weight excluding hydrogens is 280 g/mol. The quantitative estimate of drug-likeness (QED) is 0.783. The summed E-state index contributed by atoms with van der Waals surface area (Å²) in [6, 6.07) is 2.59. The zero-order valence-electron chi connectivity index (χ0n) is 10.6. The van der Waals surface area contributed by atoms with Crippen molar-refractivity contribution < 1.29 is 0 Å². The lowest BCUT2D eigenvalue weighted by atomic mass is 10.2. The van der Waals surface area contributed by atoms with Gasteiger partial charge in [-0.2, -0.15) is 0 Å². The van der Waals surface area contributed by atoms with Crippen LogP contribution in [0.5, 0.6) is 0 Å². The van der Waals surface area contributed by atoms with Crippen LogP contribution < -0.4 is 4.90 Å². The van der Waals surface area contributed by atoms with E-state index < -0.39 is 0 Å². The van der Waals surface area contributed by atoms with Crippen molar-refractivity contribution in [2.45, 2.75) is 26.8 Å². The Morgan fingerprint density at radius 2 is 2.18 bits per heavy atom. The van der Waals surface area contributed by atoms with Gasteiger partial charge in [-0.15, -0.1) is 0 Å². The summed E-state index contributed by atoms with van der Waals surface area (Å²) >= 11 is 3.43. The Hall–Kier alpha value is -0.680. The van der Waals surface area contributed by atoms with Gasteiger partial charge in [-0.25, -0.2) is 9.97 Å². The Morgan fingerprint density at radius 1 is 1.41 bits per heavy atom. The molecule has 4 nitrogen and oxygen atoms in total. The summed E-state index contributed by atoms with van der Waals surface area (Å²) in [7, 11) is 0. The molecule has 1 aliphatic rings. The van der Waals surface area contributed by atoms with Crippen LogP contribution in [-0.4, -0.2) is 47.1 Å². The number of piperazine rings is 1. The summed E-state index contributed by atoms with van der Waals surface area (Å²) in [5, 5.41) is 0. The molecule has 0 bridgehead atoms. The average molecular weight is 299 g/mol. The van der Waals surface area contributed by atoms with Crippen LogP contribution in [0.15, 0.2) is 10.7 Å². The predicted molar refractivity (Wildman–Crippen MR) is 73.4 cm³/mol. The lowest BCUT2D eigenvalue weighted by molar-refractivity contribution is 0.199. The normalized spacial score (nSPS) is 21.9. The topological polar surface area (TPSA) is 32.3 Å². The second-order valence-corrected chi connectivity index (χ2v) is 5.33. The molecule has 17 heavy (non-hydrogen) atoms. The van der Waals surface area contributed by atoms with Crippen LogP contribution in [0.1, 0.15) is 19.7 Å². The van der Waals surface area contributed by atoms with Crippen LogP contribution in [0.25, 0.3) is 0 Å². The minimum atomic E-state index is 0.586. The number of aromatic nitrogens is 2. The van der Waals surface area contributed by atoms with Crippen molar-refractivity contribution in [3.8, 4) is 0 Å². The second kappa shape index (κ2) is 5.31. The molecule has 0 N–H and O–H groups in total. The summed E-state index contributed by atoms with van der Waals surface area (Å²) in [5.41, 5.74) is 0. The fraction of sp³-hybridized carbons (Fsp3) is 0.667. The molecule has 0 radical (unpaired) electrons. The minimum Gasteiger partial charge on any atom is -0.354 e. The van der Waals surface area contributed by atoms with Crippen LogP contribution in [0.2, 0.25) is 0 Å². The number of hydrogen-bond donors (Lipinski definition) is 0. The first-order valence-electron chi connectivity index (χ1n) is 6.10. The van der Waals surface area contributed by atoms with E-state index in [1.54, 1.807) is 0 Å². The van der Waals surface area contributed by atoms with Gasteiger partial charge < -0.3 is 4.90 Å². The largest absolute Gasteiger partial charge is 0.354 e. The van der Waals surface area contributed by atoms with E-state index in [0.29, 0.717) is 6.04 Å². The summed E-state index contributed by atoms with van der Waals surface area (Å²) in [4.78, 5) is 13.6. The van der Waals surface area contributed by atoms with Gasteiger partial charge in [-0.3, -0.25) is 4.90 Å². The van der Waals surface area contributed by atoms with Crippen LogP contribution in [0.4, 0.5) is 5.82 Å². The molecule has 1 fully saturated rings. The zero-order valence-corrected chi connectivity index (χ0v) is 12.2. The fourth-order valence-electron chi connectivity index (χ4n) is 2.35. The molecular formula is C12H19BrN4. The lowest BCUT2D eigenvalue weighted by Gasteiger charge is -2.39. The lowest BCUT2D eigenvalue weighted by Crippen LogP contribution is -2.52. The second-order valence-electron chi connectivity index (χ2n) is 4.52. The molecule has 0 amide bonds. The smallest absolute Gasteiger partial charge is 0.133 e. The van der Waals surface area contributed by atoms with Crippen molar-refractivity contribution in [3.05, 3.63) is 16.5 Å². The average Bonchev–Trinajstić information content (AvgIpc) is 2.27. The molecule has 5 heteroatoms. The number of anilines is 1. The summed E-state index contributed by atoms with van der Waals surface area (Å²) in [6.07, 6.45) is 0. The van der Waals surface area contributed by atoms with Crippen LogP contribution in [-0.2, 0) is 0 Å². The van der Waals surface area contributed by atoms with E-state index in [1.165, 1.54) is 0 Å². The molecule has 1 aliphatic heterocycles. The van der Waals surface area contributed by atoms with Gasteiger partial charge in [0.1, 0.15) is 16.2 Å². The van der Waals surface area contributed by atoms with Crippen LogP contribution >= 0.6 is 15.9 Å². The molecule has 0 spiro atoms. The molecule has 2 rings (SSSR count). The predicted octanol–water partition coefficient (Wildman–Crippen LogP) is 2.08. The number of hydrogen-bond acceptors (Lipinski definition) is 4. The van der Waals surface area contributed by atoms with Crippen molar-refractivity contribution >= 4 is 21.7 Å². The molecule has 1 unspecified atom stereocenters. The molecule has 94 valence electrons. The highest BCUT2D eigenvalue weighted by molar-refractivity contribution is 9.10. The van der Waals surface area contributed by atoms with E-state index in [4.69, 9.17) is 0 Å². The molecule has 1 aromatic heterocycles. The van der Waals surface area contributed by atoms with Crippen molar-refractivity contribution in [2.75, 3.05) is 31.1 Å². The highest BCUT2D eigenvalue weighted by Crippen LogP contribution is 2.19. The maximum Gasteiger partial charge on any atom is 0.133 e. The van der Waals surface area contributed by atoms with Gasteiger partial charge in [0.05, 0.1) is 0 Å². The first kappa shape index (κ1) is 12.8. The van der Waals surface area contributed by atoms with E-state index in [0.717, 1.165) is 42.4 Å². The van der Waals surface area contributed by atoms with Gasteiger partial charge in [0, 0.05) is 31.7 Å². The Labute approximate surface area is 111 Å². The van der Waals surface area contributed by atoms with Gasteiger partial charge in [-0.1, -0.05) is 6.92 Å². The Balaban J connectivity index is 2.13. The Kier molecular flexibility index (Phi) is 3.99. The summed E-state index contributed by atoms with van der Waals surface area (Å²) in [6.45, 7) is 10.7.